The molecule has 0 spiro atoms. The molecule has 6 heteroatoms. The molecule has 0 atom stereocenters. The maximum absolute atomic E-state index is 13.3. The Balaban J connectivity index is 1.81. The maximum Gasteiger partial charge on any atom is 0.141 e. The van der Waals surface area contributed by atoms with Crippen molar-refractivity contribution in [3.63, 3.8) is 0 Å². The Hall–Kier alpha value is -3.02. The van der Waals surface area contributed by atoms with E-state index in [4.69, 9.17) is 5.10 Å². The number of aromatic nitrogens is 5. The van der Waals surface area contributed by atoms with Gasteiger partial charge in [0.1, 0.15) is 17.2 Å². The molecule has 4 aromatic rings. The van der Waals surface area contributed by atoms with Crippen LogP contribution in [0, 0.1) is 5.82 Å². The lowest BCUT2D eigenvalue weighted by molar-refractivity contribution is 0.621. The molecule has 0 amide bonds. The number of rotatable bonds is 2. The summed E-state index contributed by atoms with van der Waals surface area (Å²) in [6, 6.07) is 7.15. The lowest BCUT2D eigenvalue weighted by atomic mass is 9.98. The van der Waals surface area contributed by atoms with Gasteiger partial charge in [0.05, 0.1) is 11.9 Å². The van der Waals surface area contributed by atoms with Gasteiger partial charge in [-0.1, -0.05) is 0 Å². The van der Waals surface area contributed by atoms with Crippen LogP contribution in [0.15, 0.2) is 42.9 Å². The van der Waals surface area contributed by atoms with Crippen molar-refractivity contribution in [2.24, 2.45) is 0 Å². The van der Waals surface area contributed by atoms with E-state index in [9.17, 15) is 4.39 Å². The van der Waals surface area contributed by atoms with E-state index in [-0.39, 0.29) is 5.82 Å². The van der Waals surface area contributed by atoms with E-state index in [1.807, 2.05) is 18.3 Å². The fraction of sp³-hybridized carbons (Fsp3) is 0.167. The first kappa shape index (κ1) is 13.4. The van der Waals surface area contributed by atoms with Gasteiger partial charge in [-0.25, -0.2) is 9.37 Å². The summed E-state index contributed by atoms with van der Waals surface area (Å²) < 4.78 is 15.3. The van der Waals surface area contributed by atoms with Gasteiger partial charge in [-0.2, -0.15) is 5.10 Å². The monoisotopic (exact) mass is 319 g/mol. The molecule has 0 saturated carbocycles. The quantitative estimate of drug-likeness (QED) is 0.614. The average Bonchev–Trinajstić information content (AvgIpc) is 3.30. The van der Waals surface area contributed by atoms with E-state index in [1.54, 1.807) is 12.3 Å². The number of nitrogens with zero attached hydrogens (tertiary/aromatic N) is 4. The fourth-order valence-corrected chi connectivity index (χ4v) is 3.49. The SMILES string of the molecule is Fc1ccc(-c2nn3c(c2-c2ccnc4[nH]ccc24)CCC3)nc1. The Bertz CT molecular complexity index is 1050. The van der Waals surface area contributed by atoms with Crippen LogP contribution in [0.2, 0.25) is 0 Å². The summed E-state index contributed by atoms with van der Waals surface area (Å²) >= 11 is 0. The zero-order valence-corrected chi connectivity index (χ0v) is 12.8. The van der Waals surface area contributed by atoms with Gasteiger partial charge in [0.25, 0.3) is 0 Å². The van der Waals surface area contributed by atoms with E-state index in [0.29, 0.717) is 5.69 Å². The van der Waals surface area contributed by atoms with E-state index < -0.39 is 0 Å². The Kier molecular flexibility index (Phi) is 2.79. The van der Waals surface area contributed by atoms with Crippen molar-refractivity contribution in [1.82, 2.24) is 24.7 Å². The van der Waals surface area contributed by atoms with Crippen molar-refractivity contribution in [1.29, 1.82) is 0 Å². The topological polar surface area (TPSA) is 59.4 Å². The lowest BCUT2D eigenvalue weighted by Gasteiger charge is -2.06. The summed E-state index contributed by atoms with van der Waals surface area (Å²) in [4.78, 5) is 11.8. The normalized spacial score (nSPS) is 13.5. The van der Waals surface area contributed by atoms with Gasteiger partial charge in [0, 0.05) is 35.6 Å². The van der Waals surface area contributed by atoms with Gasteiger partial charge in [-0.15, -0.1) is 0 Å². The predicted molar refractivity (Wildman–Crippen MR) is 88.8 cm³/mol. The number of halogens is 1. The number of hydrogen-bond acceptors (Lipinski definition) is 3. The molecule has 0 aromatic carbocycles. The van der Waals surface area contributed by atoms with Crippen LogP contribution >= 0.6 is 0 Å². The van der Waals surface area contributed by atoms with Crippen LogP contribution in [0.25, 0.3) is 33.5 Å². The molecule has 1 aliphatic rings. The molecule has 0 saturated heterocycles. The molecule has 5 rings (SSSR count). The Morgan fingerprint density at radius 1 is 1.12 bits per heavy atom. The van der Waals surface area contributed by atoms with Crippen molar-refractivity contribution in [3.8, 4) is 22.5 Å². The highest BCUT2D eigenvalue weighted by Gasteiger charge is 2.25. The van der Waals surface area contributed by atoms with Crippen molar-refractivity contribution < 1.29 is 4.39 Å². The highest BCUT2D eigenvalue weighted by molar-refractivity contribution is 5.97. The smallest absolute Gasteiger partial charge is 0.141 e. The van der Waals surface area contributed by atoms with Crippen molar-refractivity contribution >= 4 is 11.0 Å². The second kappa shape index (κ2) is 4.99. The van der Waals surface area contributed by atoms with Gasteiger partial charge in [-0.05, 0) is 42.7 Å². The van der Waals surface area contributed by atoms with E-state index in [0.717, 1.165) is 47.2 Å². The van der Waals surface area contributed by atoms with Crippen LogP contribution in [0.1, 0.15) is 12.1 Å². The number of nitrogens with one attached hydrogen (secondary N) is 1. The molecule has 5 nitrogen and oxygen atoms in total. The zero-order chi connectivity index (χ0) is 16.1. The molecule has 0 fully saturated rings. The van der Waals surface area contributed by atoms with Crippen LogP contribution in [0.3, 0.4) is 0 Å². The average molecular weight is 319 g/mol. The minimum absolute atomic E-state index is 0.344. The molecule has 0 bridgehead atoms. The van der Waals surface area contributed by atoms with Crippen LogP contribution < -0.4 is 0 Å². The molecule has 1 aliphatic heterocycles. The summed E-state index contributed by atoms with van der Waals surface area (Å²) in [5.41, 5.74) is 5.73. The van der Waals surface area contributed by atoms with Crippen molar-refractivity contribution in [2.45, 2.75) is 19.4 Å². The summed E-state index contributed by atoms with van der Waals surface area (Å²) in [6.07, 6.45) is 7.00. The van der Waals surface area contributed by atoms with E-state index in [2.05, 4.69) is 19.6 Å². The Labute approximate surface area is 137 Å². The second-order valence-electron chi connectivity index (χ2n) is 5.96. The first-order valence-corrected chi connectivity index (χ1v) is 7.95. The standard InChI is InChI=1S/C18H14FN5/c19-11-3-4-14(22-10-11)17-16(15-2-1-9-24(15)23-17)12-5-7-20-18-13(12)6-8-21-18/h3-8,10H,1-2,9H2,(H,20,21). The summed E-state index contributed by atoms with van der Waals surface area (Å²) in [5.74, 6) is -0.344. The first-order valence-electron chi connectivity index (χ1n) is 7.95. The van der Waals surface area contributed by atoms with Gasteiger partial charge in [0.2, 0.25) is 0 Å². The van der Waals surface area contributed by atoms with Crippen LogP contribution in [0.5, 0.6) is 0 Å². The van der Waals surface area contributed by atoms with Crippen LogP contribution in [-0.4, -0.2) is 24.7 Å². The van der Waals surface area contributed by atoms with E-state index >= 15 is 0 Å². The van der Waals surface area contributed by atoms with Gasteiger partial charge in [0.15, 0.2) is 0 Å². The summed E-state index contributed by atoms with van der Waals surface area (Å²) in [7, 11) is 0. The third-order valence-corrected chi connectivity index (χ3v) is 4.54. The Morgan fingerprint density at radius 2 is 2.08 bits per heavy atom. The number of aryl methyl sites for hydroxylation is 1. The molecule has 118 valence electrons. The predicted octanol–water partition coefficient (Wildman–Crippen LogP) is 3.57. The highest BCUT2D eigenvalue weighted by atomic mass is 19.1. The highest BCUT2D eigenvalue weighted by Crippen LogP contribution is 2.39. The zero-order valence-electron chi connectivity index (χ0n) is 12.8. The number of aromatic amines is 1. The molecule has 4 aromatic heterocycles. The van der Waals surface area contributed by atoms with E-state index in [1.165, 1.54) is 18.0 Å². The van der Waals surface area contributed by atoms with Crippen molar-refractivity contribution in [3.05, 3.63) is 54.4 Å². The van der Waals surface area contributed by atoms with Crippen LogP contribution in [-0.2, 0) is 13.0 Å². The van der Waals surface area contributed by atoms with Gasteiger partial charge < -0.3 is 4.98 Å². The minimum Gasteiger partial charge on any atom is -0.346 e. The summed E-state index contributed by atoms with van der Waals surface area (Å²) in [6.45, 7) is 0.908. The third-order valence-electron chi connectivity index (χ3n) is 4.54. The largest absolute Gasteiger partial charge is 0.346 e. The minimum atomic E-state index is -0.344. The summed E-state index contributed by atoms with van der Waals surface area (Å²) in [5, 5.41) is 5.82. The maximum atomic E-state index is 13.3. The van der Waals surface area contributed by atoms with Gasteiger partial charge >= 0.3 is 0 Å². The molecule has 24 heavy (non-hydrogen) atoms. The lowest BCUT2D eigenvalue weighted by Crippen LogP contribution is -1.94. The van der Waals surface area contributed by atoms with Gasteiger partial charge in [-0.3, -0.25) is 9.67 Å². The number of fused-ring (bicyclic) bond motifs is 2. The first-order chi connectivity index (χ1) is 11.8. The van der Waals surface area contributed by atoms with Crippen LogP contribution in [0.4, 0.5) is 4.39 Å². The fourth-order valence-electron chi connectivity index (χ4n) is 3.49. The number of pyridine rings is 2. The molecule has 0 radical (unpaired) electrons. The third kappa shape index (κ3) is 1.89. The molecule has 5 heterocycles. The molecular formula is C18H14FN5. The molecule has 0 unspecified atom stereocenters. The molecular weight excluding hydrogens is 305 g/mol. The molecule has 0 aliphatic carbocycles. The number of hydrogen-bond donors (Lipinski definition) is 1. The Morgan fingerprint density at radius 3 is 2.96 bits per heavy atom. The second-order valence-corrected chi connectivity index (χ2v) is 5.96. The van der Waals surface area contributed by atoms with Crippen molar-refractivity contribution in [2.75, 3.05) is 0 Å². The number of H-pyrrole nitrogens is 1. The molecule has 1 N–H and O–H groups in total.